The van der Waals surface area contributed by atoms with E-state index in [4.69, 9.17) is 11.6 Å². The summed E-state index contributed by atoms with van der Waals surface area (Å²) in [6.45, 7) is 0. The fourth-order valence-corrected chi connectivity index (χ4v) is 1.17. The Bertz CT molecular complexity index is 241. The Hall–Kier alpha value is -0.820. The van der Waals surface area contributed by atoms with E-state index in [0.29, 0.717) is 5.88 Å². The topological polar surface area (TPSA) is 17.1 Å². The molecule has 0 amide bonds. The van der Waals surface area contributed by atoms with E-state index in [1.807, 2.05) is 24.3 Å². The van der Waals surface area contributed by atoms with E-state index in [2.05, 4.69) is 0 Å². The monoisotopic (exact) mass is 182 g/mol. The Labute approximate surface area is 77.4 Å². The van der Waals surface area contributed by atoms with E-state index in [0.717, 1.165) is 24.7 Å². The second-order valence-electron chi connectivity index (χ2n) is 2.65. The Balaban J connectivity index is 2.58. The molecule has 1 rings (SSSR count). The van der Waals surface area contributed by atoms with Crippen molar-refractivity contribution >= 4 is 17.9 Å². The van der Waals surface area contributed by atoms with Crippen molar-refractivity contribution in [3.05, 3.63) is 35.4 Å². The maximum Gasteiger partial charge on any atom is 0.150 e. The zero-order chi connectivity index (χ0) is 8.81. The molecule has 12 heavy (non-hydrogen) atoms. The average Bonchev–Trinajstić information content (AvgIpc) is 2.15. The molecule has 2 heteroatoms. The number of hydrogen-bond donors (Lipinski definition) is 0. The van der Waals surface area contributed by atoms with Crippen LogP contribution in [-0.4, -0.2) is 12.2 Å². The van der Waals surface area contributed by atoms with Gasteiger partial charge in [-0.1, -0.05) is 24.3 Å². The molecule has 0 saturated carbocycles. The maximum atomic E-state index is 10.3. The minimum atomic E-state index is 0.690. The number of alkyl halides is 1. The van der Waals surface area contributed by atoms with Crippen molar-refractivity contribution in [2.24, 2.45) is 0 Å². The van der Waals surface area contributed by atoms with Crippen molar-refractivity contribution in [1.29, 1.82) is 0 Å². The molecule has 0 bridgehead atoms. The molecule has 64 valence electrons. The average molecular weight is 183 g/mol. The molecule has 1 aromatic rings. The Kier molecular flexibility index (Phi) is 3.81. The molecule has 0 aliphatic heterocycles. The smallest absolute Gasteiger partial charge is 0.150 e. The lowest BCUT2D eigenvalue weighted by molar-refractivity contribution is 0.112. The summed E-state index contributed by atoms with van der Waals surface area (Å²) in [5.74, 6) is 0.690. The van der Waals surface area contributed by atoms with E-state index in [1.165, 1.54) is 5.56 Å². The van der Waals surface area contributed by atoms with Crippen LogP contribution in [0.1, 0.15) is 22.3 Å². The van der Waals surface area contributed by atoms with Crippen LogP contribution in [0.3, 0.4) is 0 Å². The van der Waals surface area contributed by atoms with Crippen LogP contribution in [0.25, 0.3) is 0 Å². The van der Waals surface area contributed by atoms with E-state index < -0.39 is 0 Å². The van der Waals surface area contributed by atoms with Gasteiger partial charge >= 0.3 is 0 Å². The fraction of sp³-hybridized carbons (Fsp3) is 0.300. The third-order valence-electron chi connectivity index (χ3n) is 1.71. The van der Waals surface area contributed by atoms with Gasteiger partial charge in [-0.15, -0.1) is 11.6 Å². The fourth-order valence-electron chi connectivity index (χ4n) is 1.03. The van der Waals surface area contributed by atoms with Gasteiger partial charge in [0.15, 0.2) is 0 Å². The largest absolute Gasteiger partial charge is 0.298 e. The second-order valence-corrected chi connectivity index (χ2v) is 3.03. The summed E-state index contributed by atoms with van der Waals surface area (Å²) < 4.78 is 0. The lowest BCUT2D eigenvalue weighted by atomic mass is 10.1. The number of carbonyl (C=O) groups is 1. The van der Waals surface area contributed by atoms with Crippen molar-refractivity contribution in [3.8, 4) is 0 Å². The number of carbonyl (C=O) groups excluding carboxylic acids is 1. The predicted octanol–water partition coefficient (Wildman–Crippen LogP) is 2.67. The number of benzene rings is 1. The molecule has 0 aliphatic carbocycles. The van der Waals surface area contributed by atoms with Gasteiger partial charge in [-0.25, -0.2) is 0 Å². The van der Waals surface area contributed by atoms with Gasteiger partial charge in [0.25, 0.3) is 0 Å². The summed E-state index contributed by atoms with van der Waals surface area (Å²) >= 11 is 5.55. The van der Waals surface area contributed by atoms with Crippen LogP contribution in [0.2, 0.25) is 0 Å². The first-order chi connectivity index (χ1) is 5.86. The van der Waals surface area contributed by atoms with Crippen molar-refractivity contribution in [2.45, 2.75) is 12.8 Å². The molecule has 0 radical (unpaired) electrons. The van der Waals surface area contributed by atoms with Gasteiger partial charge in [0.1, 0.15) is 6.29 Å². The molecule has 0 spiro atoms. The van der Waals surface area contributed by atoms with E-state index >= 15 is 0 Å². The first-order valence-electron chi connectivity index (χ1n) is 3.97. The van der Waals surface area contributed by atoms with Crippen LogP contribution < -0.4 is 0 Å². The van der Waals surface area contributed by atoms with Gasteiger partial charge in [-0.3, -0.25) is 4.79 Å². The zero-order valence-corrected chi connectivity index (χ0v) is 7.55. The molecule has 0 fully saturated rings. The van der Waals surface area contributed by atoms with Crippen LogP contribution in [0.5, 0.6) is 0 Å². The van der Waals surface area contributed by atoms with Gasteiger partial charge in [0, 0.05) is 11.4 Å². The minimum Gasteiger partial charge on any atom is -0.298 e. The van der Waals surface area contributed by atoms with Gasteiger partial charge in [-0.05, 0) is 18.4 Å². The van der Waals surface area contributed by atoms with E-state index in [-0.39, 0.29) is 0 Å². The Morgan fingerprint density at radius 3 is 2.42 bits per heavy atom. The first-order valence-corrected chi connectivity index (χ1v) is 4.50. The molecule has 0 aromatic heterocycles. The number of aryl methyl sites for hydroxylation is 1. The molecular formula is C10H11ClO. The van der Waals surface area contributed by atoms with Gasteiger partial charge in [0.05, 0.1) is 0 Å². The molecule has 0 heterocycles. The van der Waals surface area contributed by atoms with Crippen LogP contribution in [0.4, 0.5) is 0 Å². The van der Waals surface area contributed by atoms with Crippen molar-refractivity contribution < 1.29 is 4.79 Å². The summed E-state index contributed by atoms with van der Waals surface area (Å²) in [6.07, 6.45) is 2.83. The Morgan fingerprint density at radius 2 is 1.92 bits per heavy atom. The number of halogens is 1. The summed E-state index contributed by atoms with van der Waals surface area (Å²) in [5.41, 5.74) is 1.96. The number of aldehydes is 1. The van der Waals surface area contributed by atoms with Crippen molar-refractivity contribution in [2.75, 3.05) is 5.88 Å². The molecular weight excluding hydrogens is 172 g/mol. The molecule has 1 aromatic carbocycles. The van der Waals surface area contributed by atoms with Gasteiger partial charge in [0.2, 0.25) is 0 Å². The molecule has 0 saturated heterocycles. The van der Waals surface area contributed by atoms with Crippen LogP contribution in [0, 0.1) is 0 Å². The molecule has 0 aliphatic rings. The Morgan fingerprint density at radius 1 is 1.25 bits per heavy atom. The quantitative estimate of drug-likeness (QED) is 0.517. The minimum absolute atomic E-state index is 0.690. The van der Waals surface area contributed by atoms with Gasteiger partial charge in [-0.2, -0.15) is 0 Å². The molecule has 0 unspecified atom stereocenters. The summed E-state index contributed by atoms with van der Waals surface area (Å²) in [4.78, 5) is 10.3. The van der Waals surface area contributed by atoms with E-state index in [9.17, 15) is 4.79 Å². The highest BCUT2D eigenvalue weighted by Gasteiger charge is 1.92. The standard InChI is InChI=1S/C10H11ClO/c11-7-1-2-9-3-5-10(8-12)6-4-9/h3-6,8H,1-2,7H2. The summed E-state index contributed by atoms with van der Waals surface area (Å²) in [6, 6.07) is 7.60. The normalized spacial score (nSPS) is 9.75. The summed E-state index contributed by atoms with van der Waals surface area (Å²) in [5, 5.41) is 0. The number of rotatable bonds is 4. The maximum absolute atomic E-state index is 10.3. The third kappa shape index (κ3) is 2.67. The third-order valence-corrected chi connectivity index (χ3v) is 1.98. The molecule has 1 nitrogen and oxygen atoms in total. The highest BCUT2D eigenvalue weighted by Crippen LogP contribution is 2.05. The second kappa shape index (κ2) is 4.94. The summed E-state index contributed by atoms with van der Waals surface area (Å²) in [7, 11) is 0. The zero-order valence-electron chi connectivity index (χ0n) is 6.79. The van der Waals surface area contributed by atoms with Crippen LogP contribution in [-0.2, 0) is 6.42 Å². The van der Waals surface area contributed by atoms with Gasteiger partial charge < -0.3 is 0 Å². The lowest BCUT2D eigenvalue weighted by Gasteiger charge is -1.98. The lowest BCUT2D eigenvalue weighted by Crippen LogP contribution is -1.87. The molecule has 0 atom stereocenters. The van der Waals surface area contributed by atoms with Crippen LogP contribution >= 0.6 is 11.6 Å². The highest BCUT2D eigenvalue weighted by molar-refractivity contribution is 6.17. The highest BCUT2D eigenvalue weighted by atomic mass is 35.5. The van der Waals surface area contributed by atoms with Crippen molar-refractivity contribution in [3.63, 3.8) is 0 Å². The van der Waals surface area contributed by atoms with E-state index in [1.54, 1.807) is 0 Å². The SMILES string of the molecule is O=Cc1ccc(CCCCl)cc1. The van der Waals surface area contributed by atoms with Crippen molar-refractivity contribution in [1.82, 2.24) is 0 Å². The van der Waals surface area contributed by atoms with Crippen LogP contribution in [0.15, 0.2) is 24.3 Å². The number of hydrogen-bond acceptors (Lipinski definition) is 1. The predicted molar refractivity (Wildman–Crippen MR) is 50.9 cm³/mol. The first kappa shape index (κ1) is 9.27. The molecule has 0 N–H and O–H groups in total.